The van der Waals surface area contributed by atoms with Gasteiger partial charge in [0.1, 0.15) is 18.1 Å². The molecule has 15 nitrogen and oxygen atoms in total. The van der Waals surface area contributed by atoms with E-state index < -0.39 is 59.9 Å². The highest BCUT2D eigenvalue weighted by atomic mass is 32.1. The Morgan fingerprint density at radius 2 is 1.53 bits per heavy atom. The molecule has 34 heavy (non-hydrogen) atoms. The van der Waals surface area contributed by atoms with Crippen molar-refractivity contribution >= 4 is 48.2 Å². The second-order valence-electron chi connectivity index (χ2n) is 7.43. The molecule has 0 aromatic heterocycles. The number of carboxylic acid groups (broad SMARTS) is 1. The van der Waals surface area contributed by atoms with E-state index in [1.54, 1.807) is 0 Å². The normalized spacial score (nSPS) is 15.1. The Morgan fingerprint density at radius 3 is 2.00 bits per heavy atom. The molecular formula is C18H34N8O7S. The van der Waals surface area contributed by atoms with Gasteiger partial charge >= 0.3 is 5.97 Å². The number of rotatable bonds is 16. The topological polar surface area (TPSA) is 278 Å². The first-order chi connectivity index (χ1) is 15.8. The highest BCUT2D eigenvalue weighted by Crippen LogP contribution is 2.05. The Morgan fingerprint density at radius 1 is 0.941 bits per heavy atom. The molecule has 194 valence electrons. The minimum Gasteiger partial charge on any atom is -0.480 e. The molecule has 16 heteroatoms. The molecule has 0 heterocycles. The van der Waals surface area contributed by atoms with Crippen LogP contribution < -0.4 is 38.9 Å². The Balaban J connectivity index is 5.43. The number of hydrogen-bond donors (Lipinski definition) is 10. The lowest BCUT2D eigenvalue weighted by Crippen LogP contribution is -2.60. The molecule has 0 aromatic rings. The number of nitrogens with two attached hydrogens (primary N) is 4. The Labute approximate surface area is 201 Å². The van der Waals surface area contributed by atoms with Crippen LogP contribution in [0, 0.1) is 0 Å². The summed E-state index contributed by atoms with van der Waals surface area (Å²) in [7, 11) is 0. The van der Waals surface area contributed by atoms with Gasteiger partial charge in [0.05, 0.1) is 12.1 Å². The van der Waals surface area contributed by atoms with Crippen LogP contribution in [0.1, 0.15) is 32.6 Å². The fraction of sp³-hybridized carbons (Fsp3) is 0.667. The lowest BCUT2D eigenvalue weighted by atomic mass is 10.1. The van der Waals surface area contributed by atoms with Gasteiger partial charge in [-0.15, -0.1) is 0 Å². The SMILES string of the molecule is CC(O)C(NC(=O)C(N)CS)C(=O)NC(CCC(N)=O)C(=O)NC(CCCN=C(N)N)C(=O)O. The summed E-state index contributed by atoms with van der Waals surface area (Å²) in [5.74, 6) is -4.93. The first-order valence-electron chi connectivity index (χ1n) is 10.3. The maximum Gasteiger partial charge on any atom is 0.326 e. The summed E-state index contributed by atoms with van der Waals surface area (Å²) in [6.07, 6.45) is -1.74. The quantitative estimate of drug-likeness (QED) is 0.0414. The molecule has 0 saturated carbocycles. The molecular weight excluding hydrogens is 472 g/mol. The van der Waals surface area contributed by atoms with Gasteiger partial charge in [-0.05, 0) is 26.2 Å². The van der Waals surface area contributed by atoms with E-state index in [0.717, 1.165) is 0 Å². The fourth-order valence-corrected chi connectivity index (χ4v) is 2.76. The van der Waals surface area contributed by atoms with Crippen molar-refractivity contribution in [2.24, 2.45) is 27.9 Å². The fourth-order valence-electron chi connectivity index (χ4n) is 2.60. The van der Waals surface area contributed by atoms with Crippen LogP contribution in [0.15, 0.2) is 4.99 Å². The molecule has 0 saturated heterocycles. The number of amides is 4. The van der Waals surface area contributed by atoms with Crippen LogP contribution in [-0.2, 0) is 24.0 Å². The second kappa shape index (κ2) is 15.7. The van der Waals surface area contributed by atoms with E-state index in [2.05, 4.69) is 33.6 Å². The predicted octanol–water partition coefficient (Wildman–Crippen LogP) is -4.52. The summed E-state index contributed by atoms with van der Waals surface area (Å²) in [5.41, 5.74) is 21.1. The van der Waals surface area contributed by atoms with Crippen LogP contribution in [0.2, 0.25) is 0 Å². The van der Waals surface area contributed by atoms with Crippen molar-refractivity contribution < 1.29 is 34.2 Å². The summed E-state index contributed by atoms with van der Waals surface area (Å²) in [6.45, 7) is 1.36. The number of primary amides is 1. The van der Waals surface area contributed by atoms with Crippen molar-refractivity contribution in [1.29, 1.82) is 0 Å². The molecule has 0 radical (unpaired) electrons. The van der Waals surface area contributed by atoms with Gasteiger partial charge in [-0.3, -0.25) is 24.2 Å². The average molecular weight is 507 g/mol. The molecule has 0 spiro atoms. The Hall–Kier alpha value is -3.11. The van der Waals surface area contributed by atoms with Crippen molar-refractivity contribution in [2.45, 2.75) is 62.9 Å². The zero-order valence-corrected chi connectivity index (χ0v) is 19.7. The van der Waals surface area contributed by atoms with Gasteiger partial charge in [0.2, 0.25) is 23.6 Å². The van der Waals surface area contributed by atoms with Crippen LogP contribution in [0.5, 0.6) is 0 Å². The van der Waals surface area contributed by atoms with Gasteiger partial charge in [0.25, 0.3) is 0 Å². The van der Waals surface area contributed by atoms with Crippen LogP contribution in [0.4, 0.5) is 0 Å². The summed E-state index contributed by atoms with van der Waals surface area (Å²) < 4.78 is 0. The van der Waals surface area contributed by atoms with Gasteiger partial charge in [0.15, 0.2) is 5.96 Å². The number of guanidine groups is 1. The van der Waals surface area contributed by atoms with Crippen molar-refractivity contribution in [3.63, 3.8) is 0 Å². The summed E-state index contributed by atoms with van der Waals surface area (Å²) in [6, 6.07) is -5.27. The molecule has 0 aromatic carbocycles. The minimum atomic E-state index is -1.49. The summed E-state index contributed by atoms with van der Waals surface area (Å²) in [5, 5.41) is 26.1. The van der Waals surface area contributed by atoms with E-state index >= 15 is 0 Å². The van der Waals surface area contributed by atoms with E-state index in [-0.39, 0.29) is 43.9 Å². The number of nitrogens with zero attached hydrogens (tertiary/aromatic N) is 1. The van der Waals surface area contributed by atoms with Gasteiger partial charge in [-0.1, -0.05) is 0 Å². The molecule has 0 bridgehead atoms. The van der Waals surface area contributed by atoms with Gasteiger partial charge in [0, 0.05) is 18.7 Å². The third kappa shape index (κ3) is 12.2. The third-order valence-corrected chi connectivity index (χ3v) is 4.86. The zero-order valence-electron chi connectivity index (χ0n) is 18.8. The molecule has 0 rings (SSSR count). The highest BCUT2D eigenvalue weighted by Gasteiger charge is 2.32. The van der Waals surface area contributed by atoms with Gasteiger partial charge in [-0.2, -0.15) is 12.6 Å². The van der Waals surface area contributed by atoms with E-state index in [0.29, 0.717) is 0 Å². The molecule has 5 atom stereocenters. The van der Waals surface area contributed by atoms with Gasteiger partial charge < -0.3 is 49.1 Å². The molecule has 4 amide bonds. The monoisotopic (exact) mass is 506 g/mol. The third-order valence-electron chi connectivity index (χ3n) is 4.47. The number of aliphatic imine (C=N–C) groups is 1. The molecule has 5 unspecified atom stereocenters. The first-order valence-corrected chi connectivity index (χ1v) is 11.0. The molecule has 0 aliphatic rings. The van der Waals surface area contributed by atoms with E-state index in [1.165, 1.54) is 6.92 Å². The van der Waals surface area contributed by atoms with Crippen molar-refractivity contribution in [3.8, 4) is 0 Å². The highest BCUT2D eigenvalue weighted by molar-refractivity contribution is 7.80. The maximum atomic E-state index is 12.7. The van der Waals surface area contributed by atoms with Crippen LogP contribution in [0.25, 0.3) is 0 Å². The predicted molar refractivity (Wildman–Crippen MR) is 125 cm³/mol. The summed E-state index contributed by atoms with van der Waals surface area (Å²) >= 11 is 3.89. The summed E-state index contributed by atoms with van der Waals surface area (Å²) in [4.78, 5) is 63.9. The Bertz CT molecular complexity index is 761. The number of thiol groups is 1. The van der Waals surface area contributed by atoms with Crippen molar-refractivity contribution in [3.05, 3.63) is 0 Å². The molecule has 0 aliphatic heterocycles. The Kier molecular flexibility index (Phi) is 14.2. The van der Waals surface area contributed by atoms with E-state index in [4.69, 9.17) is 22.9 Å². The van der Waals surface area contributed by atoms with Crippen molar-refractivity contribution in [1.82, 2.24) is 16.0 Å². The van der Waals surface area contributed by atoms with E-state index in [1.807, 2.05) is 0 Å². The number of carbonyl (C=O) groups excluding carboxylic acids is 4. The smallest absolute Gasteiger partial charge is 0.326 e. The number of hydrogen-bond acceptors (Lipinski definition) is 9. The van der Waals surface area contributed by atoms with Gasteiger partial charge in [-0.25, -0.2) is 4.79 Å². The zero-order chi connectivity index (χ0) is 26.4. The van der Waals surface area contributed by atoms with Crippen LogP contribution >= 0.6 is 12.6 Å². The number of carbonyl (C=O) groups is 5. The maximum absolute atomic E-state index is 12.7. The standard InChI is InChI=1S/C18H34N8O7S/c1-8(27)13(26-14(29)9(19)7-34)16(31)24-10(4-5-12(20)28)15(30)25-11(17(32)33)3-2-6-23-18(21)22/h8-11,13,27,34H,2-7,19H2,1H3,(H2,20,28)(H,24,31)(H,25,30)(H,26,29)(H,32,33)(H4,21,22,23). The lowest BCUT2D eigenvalue weighted by molar-refractivity contribution is -0.142. The number of aliphatic hydroxyl groups is 1. The average Bonchev–Trinajstić information content (AvgIpc) is 2.74. The van der Waals surface area contributed by atoms with E-state index in [9.17, 15) is 34.2 Å². The van der Waals surface area contributed by atoms with Crippen molar-refractivity contribution in [2.75, 3.05) is 12.3 Å². The largest absolute Gasteiger partial charge is 0.480 e. The lowest BCUT2D eigenvalue weighted by Gasteiger charge is -2.26. The molecule has 13 N–H and O–H groups in total. The molecule has 0 aliphatic carbocycles. The number of aliphatic carboxylic acids is 1. The minimum absolute atomic E-state index is 0.0244. The van der Waals surface area contributed by atoms with Crippen LogP contribution in [0.3, 0.4) is 0 Å². The second-order valence-corrected chi connectivity index (χ2v) is 7.80. The first kappa shape index (κ1) is 30.9. The number of aliphatic hydroxyl groups excluding tert-OH is 1. The number of nitrogens with one attached hydrogen (secondary N) is 3. The van der Waals surface area contributed by atoms with Crippen LogP contribution in [-0.4, -0.2) is 88.3 Å². The molecule has 0 fully saturated rings. The number of carboxylic acids is 1.